The molecule has 0 aromatic carbocycles. The zero-order valence-corrected chi connectivity index (χ0v) is 12.1. The highest BCUT2D eigenvalue weighted by molar-refractivity contribution is 5.82. The fraction of sp³-hybridized carbons (Fsp3) is 0.733. The van der Waals surface area contributed by atoms with Crippen molar-refractivity contribution in [2.45, 2.75) is 52.0 Å². The lowest BCUT2D eigenvalue weighted by Crippen LogP contribution is -2.26. The van der Waals surface area contributed by atoms with Crippen LogP contribution in [0.25, 0.3) is 0 Å². The smallest absolute Gasteiger partial charge is 0.152 e. The number of hydrogen-bond donors (Lipinski definition) is 1. The van der Waals surface area contributed by atoms with E-state index in [1.165, 1.54) is 12.8 Å². The van der Waals surface area contributed by atoms with E-state index in [2.05, 4.69) is 24.3 Å². The number of nitrogens with one attached hydrogen (secondary N) is 1. The minimum atomic E-state index is 0.232. The van der Waals surface area contributed by atoms with Crippen molar-refractivity contribution in [3.63, 3.8) is 0 Å². The van der Waals surface area contributed by atoms with Gasteiger partial charge in [-0.3, -0.25) is 9.48 Å². The molecular weight excluding hydrogens is 238 g/mol. The number of rotatable bonds is 9. The summed E-state index contributed by atoms with van der Waals surface area (Å²) in [6, 6.07) is 2.42. The van der Waals surface area contributed by atoms with Gasteiger partial charge >= 0.3 is 0 Å². The Morgan fingerprint density at radius 3 is 2.84 bits per heavy atom. The average molecular weight is 263 g/mol. The summed E-state index contributed by atoms with van der Waals surface area (Å²) in [6.07, 6.45) is 7.24. The summed E-state index contributed by atoms with van der Waals surface area (Å²) in [5, 5.41) is 7.75. The van der Waals surface area contributed by atoms with E-state index in [1.807, 2.05) is 16.9 Å². The summed E-state index contributed by atoms with van der Waals surface area (Å²) < 4.78 is 2.00. The van der Waals surface area contributed by atoms with Crippen molar-refractivity contribution in [2.75, 3.05) is 13.1 Å². The topological polar surface area (TPSA) is 46.9 Å². The van der Waals surface area contributed by atoms with Gasteiger partial charge in [0.25, 0.3) is 0 Å². The molecule has 4 nitrogen and oxygen atoms in total. The average Bonchev–Trinajstić information content (AvgIpc) is 3.11. The quantitative estimate of drug-likeness (QED) is 0.744. The minimum Gasteiger partial charge on any atom is -0.310 e. The molecule has 0 atom stereocenters. The van der Waals surface area contributed by atoms with Crippen LogP contribution in [-0.2, 0) is 11.2 Å². The highest BCUT2D eigenvalue weighted by Crippen LogP contribution is 2.27. The Balaban J connectivity index is 1.76. The van der Waals surface area contributed by atoms with Gasteiger partial charge in [0.15, 0.2) is 5.78 Å². The van der Waals surface area contributed by atoms with E-state index in [0.717, 1.165) is 31.0 Å². The molecule has 1 aliphatic rings. The Morgan fingerprint density at radius 1 is 1.47 bits per heavy atom. The highest BCUT2D eigenvalue weighted by atomic mass is 16.1. The molecule has 2 rings (SSSR count). The molecule has 0 unspecified atom stereocenters. The van der Waals surface area contributed by atoms with Crippen molar-refractivity contribution in [1.29, 1.82) is 0 Å². The molecule has 0 amide bonds. The van der Waals surface area contributed by atoms with Gasteiger partial charge in [0.05, 0.1) is 24.7 Å². The summed E-state index contributed by atoms with van der Waals surface area (Å²) in [6.45, 7) is 5.81. The Kier molecular flexibility index (Phi) is 5.14. The predicted molar refractivity (Wildman–Crippen MR) is 76.2 cm³/mol. The Bertz CT molecular complexity index is 405. The van der Waals surface area contributed by atoms with E-state index in [1.54, 1.807) is 0 Å². The van der Waals surface area contributed by atoms with E-state index in [9.17, 15) is 4.79 Å². The summed E-state index contributed by atoms with van der Waals surface area (Å²) in [5.74, 6) is 1.05. The molecule has 0 radical (unpaired) electrons. The highest BCUT2D eigenvalue weighted by Gasteiger charge is 2.20. The van der Waals surface area contributed by atoms with Crippen LogP contribution in [-0.4, -0.2) is 28.7 Å². The van der Waals surface area contributed by atoms with Crippen molar-refractivity contribution in [1.82, 2.24) is 15.1 Å². The Hall–Kier alpha value is -1.16. The van der Waals surface area contributed by atoms with Crippen LogP contribution in [0, 0.1) is 5.92 Å². The molecule has 1 heterocycles. The van der Waals surface area contributed by atoms with Crippen LogP contribution in [0.1, 0.15) is 51.3 Å². The number of carbonyl (C=O) groups is 1. The first kappa shape index (κ1) is 14.3. The molecular formula is C15H25N3O. The molecule has 1 N–H and O–H groups in total. The number of carbonyl (C=O) groups excluding carboxylic acids is 1. The van der Waals surface area contributed by atoms with Gasteiger partial charge in [-0.1, -0.05) is 13.8 Å². The number of aromatic nitrogens is 2. The summed E-state index contributed by atoms with van der Waals surface area (Å²) in [7, 11) is 0. The molecule has 106 valence electrons. The molecule has 0 spiro atoms. The number of ketones is 1. The van der Waals surface area contributed by atoms with Gasteiger partial charge < -0.3 is 5.32 Å². The van der Waals surface area contributed by atoms with E-state index < -0.39 is 0 Å². The summed E-state index contributed by atoms with van der Waals surface area (Å²) in [5.41, 5.74) is 0.894. The third-order valence-corrected chi connectivity index (χ3v) is 3.81. The van der Waals surface area contributed by atoms with Gasteiger partial charge in [-0.15, -0.1) is 0 Å². The molecule has 19 heavy (non-hydrogen) atoms. The molecule has 4 heteroatoms. The van der Waals surface area contributed by atoms with Crippen LogP contribution in [0.3, 0.4) is 0 Å². The molecule has 1 saturated carbocycles. The van der Waals surface area contributed by atoms with E-state index in [4.69, 9.17) is 0 Å². The SMILES string of the molecule is CCC(CC)n1ccc(CC(=O)CNCC2CC2)n1. The van der Waals surface area contributed by atoms with Crippen LogP contribution in [0.5, 0.6) is 0 Å². The lowest BCUT2D eigenvalue weighted by molar-refractivity contribution is -0.117. The maximum Gasteiger partial charge on any atom is 0.152 e. The standard InChI is InChI=1S/C15H25N3O/c1-3-14(4-2)18-8-7-13(17-18)9-15(19)11-16-10-12-5-6-12/h7-8,12,14,16H,3-6,9-11H2,1-2H3. The molecule has 0 aliphatic heterocycles. The first-order valence-electron chi connectivity index (χ1n) is 7.49. The Morgan fingerprint density at radius 2 is 2.21 bits per heavy atom. The largest absolute Gasteiger partial charge is 0.310 e. The van der Waals surface area contributed by atoms with Crippen molar-refractivity contribution in [3.05, 3.63) is 18.0 Å². The third-order valence-electron chi connectivity index (χ3n) is 3.81. The fourth-order valence-electron chi connectivity index (χ4n) is 2.34. The van der Waals surface area contributed by atoms with Gasteiger partial charge in [0.1, 0.15) is 0 Å². The predicted octanol–water partition coefficient (Wildman–Crippen LogP) is 2.36. The van der Waals surface area contributed by atoms with E-state index >= 15 is 0 Å². The summed E-state index contributed by atoms with van der Waals surface area (Å²) in [4.78, 5) is 11.8. The molecule has 1 aromatic heterocycles. The third kappa shape index (κ3) is 4.46. The second-order valence-electron chi connectivity index (χ2n) is 5.55. The van der Waals surface area contributed by atoms with E-state index in [-0.39, 0.29) is 5.78 Å². The van der Waals surface area contributed by atoms with Crippen LogP contribution in [0.2, 0.25) is 0 Å². The number of nitrogens with zero attached hydrogens (tertiary/aromatic N) is 2. The molecule has 1 fully saturated rings. The van der Waals surface area contributed by atoms with Crippen LogP contribution < -0.4 is 5.32 Å². The van der Waals surface area contributed by atoms with Gasteiger partial charge in [-0.25, -0.2) is 0 Å². The van der Waals surface area contributed by atoms with E-state index in [0.29, 0.717) is 19.0 Å². The number of hydrogen-bond acceptors (Lipinski definition) is 3. The summed E-state index contributed by atoms with van der Waals surface area (Å²) >= 11 is 0. The van der Waals surface area contributed by atoms with Gasteiger partial charge in [-0.05, 0) is 44.2 Å². The van der Waals surface area contributed by atoms with Crippen molar-refractivity contribution >= 4 is 5.78 Å². The molecule has 0 saturated heterocycles. The zero-order valence-electron chi connectivity index (χ0n) is 12.1. The normalized spacial score (nSPS) is 15.1. The fourth-order valence-corrected chi connectivity index (χ4v) is 2.34. The first-order valence-corrected chi connectivity index (χ1v) is 7.49. The second-order valence-corrected chi connectivity index (χ2v) is 5.55. The Labute approximate surface area is 115 Å². The van der Waals surface area contributed by atoms with Gasteiger partial charge in [0.2, 0.25) is 0 Å². The second kappa shape index (κ2) is 6.85. The maximum atomic E-state index is 11.8. The van der Waals surface area contributed by atoms with Gasteiger partial charge in [-0.2, -0.15) is 5.10 Å². The lowest BCUT2D eigenvalue weighted by atomic mass is 10.2. The van der Waals surface area contributed by atoms with Crippen molar-refractivity contribution < 1.29 is 4.79 Å². The van der Waals surface area contributed by atoms with Crippen molar-refractivity contribution in [2.24, 2.45) is 5.92 Å². The minimum absolute atomic E-state index is 0.232. The van der Waals surface area contributed by atoms with Gasteiger partial charge in [0, 0.05) is 6.20 Å². The van der Waals surface area contributed by atoms with Crippen molar-refractivity contribution in [3.8, 4) is 0 Å². The van der Waals surface area contributed by atoms with Crippen LogP contribution in [0.4, 0.5) is 0 Å². The zero-order chi connectivity index (χ0) is 13.7. The molecule has 0 bridgehead atoms. The monoisotopic (exact) mass is 263 g/mol. The first-order chi connectivity index (χ1) is 9.22. The maximum absolute atomic E-state index is 11.8. The van der Waals surface area contributed by atoms with Crippen LogP contribution in [0.15, 0.2) is 12.3 Å². The van der Waals surface area contributed by atoms with Crippen LogP contribution >= 0.6 is 0 Å². The molecule has 1 aliphatic carbocycles. The lowest BCUT2D eigenvalue weighted by Gasteiger charge is -2.12. The molecule has 1 aromatic rings. The number of Topliss-reactive ketones (excluding diaryl/α,β-unsaturated/α-hetero) is 1.